The van der Waals surface area contributed by atoms with Crippen molar-refractivity contribution in [3.63, 3.8) is 0 Å². The maximum absolute atomic E-state index is 7.50. The molecule has 0 saturated carbocycles. The van der Waals surface area contributed by atoms with Gasteiger partial charge in [-0.3, -0.25) is 0 Å². The Hall–Kier alpha value is 0.982. The molecular weight excluding hydrogens is 622 g/mol. The fraction of sp³-hybridized carbons (Fsp3) is 0.583. The fourth-order valence-electron chi connectivity index (χ4n) is 1.63. The molecule has 10 heteroatoms. The predicted octanol–water partition coefficient (Wildman–Crippen LogP) is 3.95. The van der Waals surface area contributed by atoms with E-state index in [4.69, 9.17) is 23.3 Å². The van der Waals surface area contributed by atoms with Crippen molar-refractivity contribution < 1.29 is 44.3 Å². The van der Waals surface area contributed by atoms with Crippen molar-refractivity contribution in [3.8, 4) is 0 Å². The molecule has 0 rings (SSSR count). The molecule has 0 aromatic rings. The molecular formula is C12H20IO5PSi2W. The van der Waals surface area contributed by atoms with Gasteiger partial charge in [-0.2, -0.15) is 0 Å². The zero-order valence-electron chi connectivity index (χ0n) is 13.4. The minimum absolute atomic E-state index is 0. The number of halogens is 1. The van der Waals surface area contributed by atoms with Crippen LogP contribution in [0.25, 0.3) is 0 Å². The first-order valence-corrected chi connectivity index (χ1v) is 16.4. The summed E-state index contributed by atoms with van der Waals surface area (Å²) in [5, 5.41) is 0. The summed E-state index contributed by atoms with van der Waals surface area (Å²) < 4.78 is 37.5. The minimum Gasteiger partial charge on any atom is 0 e. The summed E-state index contributed by atoms with van der Waals surface area (Å²) in [4.78, 5) is 1.11. The van der Waals surface area contributed by atoms with Crippen molar-refractivity contribution in [2.45, 2.75) is 44.2 Å². The van der Waals surface area contributed by atoms with Crippen LogP contribution in [0.5, 0.6) is 0 Å². The van der Waals surface area contributed by atoms with E-state index in [1.54, 1.807) is 0 Å². The summed E-state index contributed by atoms with van der Waals surface area (Å²) in [6, 6.07) is 0. The van der Waals surface area contributed by atoms with Crippen molar-refractivity contribution in [3.05, 3.63) is 33.3 Å². The molecule has 0 aliphatic rings. The van der Waals surface area contributed by atoms with Crippen LogP contribution in [0, 0.1) is 33.3 Å². The minimum atomic E-state index is -0.855. The Bertz CT molecular complexity index is 257. The maximum atomic E-state index is 7.50. The maximum Gasteiger partial charge on any atom is 0 e. The van der Waals surface area contributed by atoms with E-state index in [1.807, 2.05) is 0 Å². The van der Waals surface area contributed by atoms with E-state index in [0.717, 1.165) is 11.1 Å². The molecule has 0 heterocycles. The van der Waals surface area contributed by atoms with Crippen LogP contribution < -0.4 is 0 Å². The molecule has 124 valence electrons. The number of hydrogen-bond donors (Lipinski definition) is 0. The Morgan fingerprint density at radius 1 is 0.636 bits per heavy atom. The van der Waals surface area contributed by atoms with Crippen LogP contribution in [0.1, 0.15) is 0 Å². The Labute approximate surface area is 165 Å². The number of rotatable bonds is 3. The van der Waals surface area contributed by atoms with Gasteiger partial charge in [0.15, 0.2) is 0 Å². The monoisotopic (exact) mass is 642 g/mol. The summed E-state index contributed by atoms with van der Waals surface area (Å²) in [5.74, 6) is 0. The van der Waals surface area contributed by atoms with Crippen LogP contribution in [0.4, 0.5) is 0 Å². The molecule has 0 aliphatic carbocycles. The van der Waals surface area contributed by atoms with Gasteiger partial charge in [0.1, 0.15) is 0 Å². The van der Waals surface area contributed by atoms with Gasteiger partial charge in [-0.05, 0) is 4.91 Å². The number of hydrogen-bond acceptors (Lipinski definition) is 0. The Morgan fingerprint density at radius 2 is 0.773 bits per heavy atom. The van der Waals surface area contributed by atoms with Crippen LogP contribution in [0.3, 0.4) is 0 Å². The van der Waals surface area contributed by atoms with Gasteiger partial charge in [-0.15, -0.1) is 0 Å². The second-order valence-electron chi connectivity index (χ2n) is 5.27. The standard InChI is InChI=1S/C7H20IPSi2.5CO.W/c1-10(2,3)7(9-8)11(4,5)6;5*1-2;/h7,9H,1-6H3;;;;;;. The summed E-state index contributed by atoms with van der Waals surface area (Å²) in [7, 11) is -1.71. The third-order valence-corrected chi connectivity index (χ3v) is 22.2. The molecule has 0 amide bonds. The second kappa shape index (κ2) is 33.6. The van der Waals surface area contributed by atoms with Crippen molar-refractivity contribution >= 4 is 44.4 Å². The van der Waals surface area contributed by atoms with Crippen LogP contribution in [-0.2, 0) is 44.3 Å². The molecule has 0 radical (unpaired) electrons. The van der Waals surface area contributed by atoms with E-state index in [2.05, 4.69) is 94.6 Å². The third kappa shape index (κ3) is 37.3. The molecule has 0 fully saturated rings. The zero-order chi connectivity index (χ0) is 19.3. The predicted molar refractivity (Wildman–Crippen MR) is 92.5 cm³/mol. The van der Waals surface area contributed by atoms with Gasteiger partial charge in [-0.25, -0.2) is 0 Å². The molecule has 0 aromatic heterocycles. The Morgan fingerprint density at radius 3 is 0.773 bits per heavy atom. The van der Waals surface area contributed by atoms with E-state index in [1.165, 1.54) is 0 Å². The molecule has 0 N–H and O–H groups in total. The van der Waals surface area contributed by atoms with Gasteiger partial charge >= 0.3 is 56.5 Å². The fourth-order valence-corrected chi connectivity index (χ4v) is 31.5. The van der Waals surface area contributed by atoms with Gasteiger partial charge < -0.3 is 0 Å². The molecule has 0 bridgehead atoms. The van der Waals surface area contributed by atoms with Gasteiger partial charge in [-0.1, -0.05) is 67.5 Å². The second-order valence-corrected chi connectivity index (χ2v) is 20.3. The van der Waals surface area contributed by atoms with Crippen LogP contribution in [0.15, 0.2) is 0 Å². The van der Waals surface area contributed by atoms with Crippen LogP contribution >= 0.6 is 28.3 Å². The average molecular weight is 642 g/mol. The molecule has 5 nitrogen and oxygen atoms in total. The van der Waals surface area contributed by atoms with Crippen molar-refractivity contribution in [2.75, 3.05) is 0 Å². The smallest absolute Gasteiger partial charge is 0 e. The van der Waals surface area contributed by atoms with E-state index >= 15 is 0 Å². The van der Waals surface area contributed by atoms with E-state index < -0.39 is 16.1 Å². The average Bonchev–Trinajstić information content (AvgIpc) is 2.47. The summed E-state index contributed by atoms with van der Waals surface area (Å²) >= 11 is 2.60. The van der Waals surface area contributed by atoms with Gasteiger partial charge in [0.05, 0.1) is 0 Å². The summed E-state index contributed by atoms with van der Waals surface area (Å²) in [6.45, 7) is 37.6. The van der Waals surface area contributed by atoms with E-state index in [9.17, 15) is 0 Å². The zero-order valence-corrected chi connectivity index (χ0v) is 21.5. The van der Waals surface area contributed by atoms with Gasteiger partial charge in [0.25, 0.3) is 0 Å². The van der Waals surface area contributed by atoms with E-state index in [-0.39, 0.29) is 21.1 Å². The Kier molecular flexibility index (Phi) is 66.3. The third-order valence-electron chi connectivity index (χ3n) is 1.84. The molecule has 1 atom stereocenters. The van der Waals surface area contributed by atoms with Gasteiger partial charge in [0, 0.05) is 37.2 Å². The summed E-state index contributed by atoms with van der Waals surface area (Å²) in [6.07, 6.45) is 1.15. The van der Waals surface area contributed by atoms with E-state index in [0.29, 0.717) is 0 Å². The van der Waals surface area contributed by atoms with Crippen molar-refractivity contribution in [2.24, 2.45) is 0 Å². The van der Waals surface area contributed by atoms with Crippen LogP contribution in [-0.4, -0.2) is 21.1 Å². The molecule has 0 spiro atoms. The van der Waals surface area contributed by atoms with Crippen LogP contribution in [0.2, 0.25) is 39.3 Å². The first kappa shape index (κ1) is 43.5. The quantitative estimate of drug-likeness (QED) is 0.147. The van der Waals surface area contributed by atoms with Crippen molar-refractivity contribution in [1.29, 1.82) is 0 Å². The molecule has 1 unspecified atom stereocenters. The first-order chi connectivity index (χ1) is 9.69. The summed E-state index contributed by atoms with van der Waals surface area (Å²) in [5.41, 5.74) is 0. The largest absolute Gasteiger partial charge is 0 e. The van der Waals surface area contributed by atoms with Crippen molar-refractivity contribution in [1.82, 2.24) is 0 Å². The first-order valence-electron chi connectivity index (χ1n) is 5.08. The molecule has 0 saturated heterocycles. The van der Waals surface area contributed by atoms with Gasteiger partial charge in [0.2, 0.25) is 0 Å². The molecule has 0 aliphatic heterocycles. The normalized spacial score (nSPS) is 8.09. The topological polar surface area (TPSA) is 99.5 Å². The molecule has 22 heavy (non-hydrogen) atoms. The SMILES string of the molecule is C[Si](C)(C)C(PI)[Si](C)(C)C.[C-]#[O+].[C-]#[O+].[C-]#[O+].[C-]#[O+].[C-]#[O+].[W]. The molecule has 0 aromatic carbocycles. The Balaban J connectivity index is -0.0000000348.